The third-order valence-corrected chi connectivity index (χ3v) is 3.22. The van der Waals surface area contributed by atoms with Gasteiger partial charge >= 0.3 is 0 Å². The van der Waals surface area contributed by atoms with Gasteiger partial charge in [-0.1, -0.05) is 12.1 Å². The Morgan fingerprint density at radius 1 is 1.28 bits per heavy atom. The van der Waals surface area contributed by atoms with Gasteiger partial charge in [-0.05, 0) is 25.1 Å². The smallest absolute Gasteiger partial charge is 0.119 e. The molecule has 0 bridgehead atoms. The zero-order valence-electron chi connectivity index (χ0n) is 10.3. The van der Waals surface area contributed by atoms with E-state index in [2.05, 4.69) is 15.3 Å². The van der Waals surface area contributed by atoms with Gasteiger partial charge in [-0.25, -0.2) is 0 Å². The maximum absolute atomic E-state index is 5.25. The van der Waals surface area contributed by atoms with Crippen LogP contribution in [-0.2, 0) is 0 Å². The van der Waals surface area contributed by atoms with Gasteiger partial charge in [-0.15, -0.1) is 0 Å². The Balaban J connectivity index is 2.04. The first-order valence-corrected chi connectivity index (χ1v) is 6.07. The normalized spacial score (nSPS) is 18.2. The predicted molar refractivity (Wildman–Crippen MR) is 69.4 cm³/mol. The van der Waals surface area contributed by atoms with Crippen molar-refractivity contribution in [2.75, 3.05) is 13.7 Å². The second-order valence-electron chi connectivity index (χ2n) is 4.32. The molecule has 1 aromatic carbocycles. The van der Waals surface area contributed by atoms with Gasteiger partial charge in [-0.3, -0.25) is 9.97 Å². The first-order valence-electron chi connectivity index (χ1n) is 6.07. The molecule has 92 valence electrons. The number of aromatic nitrogens is 2. The molecule has 3 rings (SSSR count). The van der Waals surface area contributed by atoms with Crippen LogP contribution in [0.2, 0.25) is 0 Å². The minimum Gasteiger partial charge on any atom is -0.497 e. The Labute approximate surface area is 106 Å². The van der Waals surface area contributed by atoms with Crippen LogP contribution in [0.5, 0.6) is 5.75 Å². The van der Waals surface area contributed by atoms with E-state index in [1.54, 1.807) is 19.5 Å². The fourth-order valence-corrected chi connectivity index (χ4v) is 2.12. The van der Waals surface area contributed by atoms with Gasteiger partial charge in [0.15, 0.2) is 0 Å². The van der Waals surface area contributed by atoms with Gasteiger partial charge < -0.3 is 10.1 Å². The summed E-state index contributed by atoms with van der Waals surface area (Å²) in [5.74, 6) is 0.839. The van der Waals surface area contributed by atoms with E-state index in [0.717, 1.165) is 35.7 Å². The lowest BCUT2D eigenvalue weighted by Gasteiger charge is -2.28. The Hall–Kier alpha value is -1.94. The quantitative estimate of drug-likeness (QED) is 0.894. The van der Waals surface area contributed by atoms with Gasteiger partial charge in [-0.2, -0.15) is 0 Å². The molecule has 4 heteroatoms. The molecule has 0 radical (unpaired) electrons. The van der Waals surface area contributed by atoms with E-state index in [0.29, 0.717) is 6.04 Å². The van der Waals surface area contributed by atoms with Crippen LogP contribution in [-0.4, -0.2) is 23.6 Å². The fourth-order valence-electron chi connectivity index (χ4n) is 2.12. The highest BCUT2D eigenvalue weighted by molar-refractivity contribution is 5.64. The first kappa shape index (κ1) is 11.2. The molecule has 1 atom stereocenters. The van der Waals surface area contributed by atoms with Crippen LogP contribution in [0.15, 0.2) is 36.7 Å². The van der Waals surface area contributed by atoms with Gasteiger partial charge in [0.2, 0.25) is 0 Å². The lowest BCUT2D eigenvalue weighted by atomic mass is 9.98. The van der Waals surface area contributed by atoms with Crippen LogP contribution < -0.4 is 10.1 Å². The second kappa shape index (κ2) is 4.74. The number of ether oxygens (including phenoxy) is 1. The summed E-state index contributed by atoms with van der Waals surface area (Å²) in [4.78, 5) is 8.94. The molecule has 2 aromatic rings. The van der Waals surface area contributed by atoms with Gasteiger partial charge in [0.25, 0.3) is 0 Å². The van der Waals surface area contributed by atoms with Crippen LogP contribution >= 0.6 is 0 Å². The molecule has 1 fully saturated rings. The molecule has 1 aliphatic heterocycles. The van der Waals surface area contributed by atoms with Crippen molar-refractivity contribution >= 4 is 0 Å². The number of hydrogen-bond acceptors (Lipinski definition) is 4. The van der Waals surface area contributed by atoms with E-state index < -0.39 is 0 Å². The molecular weight excluding hydrogens is 226 g/mol. The Morgan fingerprint density at radius 2 is 2.11 bits per heavy atom. The largest absolute Gasteiger partial charge is 0.497 e. The number of hydrogen-bond donors (Lipinski definition) is 1. The van der Waals surface area contributed by atoms with Crippen LogP contribution in [0, 0.1) is 0 Å². The van der Waals surface area contributed by atoms with Crippen molar-refractivity contribution in [3.8, 4) is 17.0 Å². The standard InChI is InChI=1S/C14H15N3O/c1-18-11-4-2-3-10(9-11)13-14(12-5-6-15-12)17-8-7-16-13/h2-4,7-9,12,15H,5-6H2,1H3. The zero-order valence-corrected chi connectivity index (χ0v) is 10.3. The Bertz CT molecular complexity index is 552. The summed E-state index contributed by atoms with van der Waals surface area (Å²) in [6, 6.07) is 8.27. The number of nitrogens with one attached hydrogen (secondary N) is 1. The molecule has 0 saturated carbocycles. The van der Waals surface area contributed by atoms with Crippen molar-refractivity contribution in [2.24, 2.45) is 0 Å². The monoisotopic (exact) mass is 241 g/mol. The highest BCUT2D eigenvalue weighted by atomic mass is 16.5. The molecule has 4 nitrogen and oxygen atoms in total. The molecule has 0 aliphatic carbocycles. The molecule has 1 unspecified atom stereocenters. The maximum Gasteiger partial charge on any atom is 0.119 e. The molecule has 1 N–H and O–H groups in total. The molecule has 2 heterocycles. The molecular formula is C14H15N3O. The highest BCUT2D eigenvalue weighted by Crippen LogP contribution is 2.30. The second-order valence-corrected chi connectivity index (χ2v) is 4.32. The lowest BCUT2D eigenvalue weighted by molar-refractivity contribution is 0.375. The summed E-state index contributed by atoms with van der Waals surface area (Å²) in [6.45, 7) is 1.05. The van der Waals surface area contributed by atoms with Crippen molar-refractivity contribution in [1.29, 1.82) is 0 Å². The average Bonchev–Trinajstić information content (AvgIpc) is 2.37. The molecule has 1 aliphatic rings. The summed E-state index contributed by atoms with van der Waals surface area (Å²) in [5, 5.41) is 3.37. The zero-order chi connectivity index (χ0) is 12.4. The summed E-state index contributed by atoms with van der Waals surface area (Å²) in [7, 11) is 1.67. The van der Waals surface area contributed by atoms with Crippen molar-refractivity contribution in [3.05, 3.63) is 42.4 Å². The van der Waals surface area contributed by atoms with Crippen LogP contribution in [0.25, 0.3) is 11.3 Å². The minimum absolute atomic E-state index is 0.333. The van der Waals surface area contributed by atoms with Crippen molar-refractivity contribution in [3.63, 3.8) is 0 Å². The van der Waals surface area contributed by atoms with E-state index in [1.165, 1.54) is 0 Å². The number of benzene rings is 1. The summed E-state index contributed by atoms with van der Waals surface area (Å²) in [5.41, 5.74) is 3.01. The van der Waals surface area contributed by atoms with E-state index >= 15 is 0 Å². The van der Waals surface area contributed by atoms with E-state index in [-0.39, 0.29) is 0 Å². The van der Waals surface area contributed by atoms with Crippen LogP contribution in [0.1, 0.15) is 18.2 Å². The fraction of sp³-hybridized carbons (Fsp3) is 0.286. The van der Waals surface area contributed by atoms with E-state index in [4.69, 9.17) is 4.74 Å². The van der Waals surface area contributed by atoms with E-state index in [9.17, 15) is 0 Å². The average molecular weight is 241 g/mol. The third-order valence-electron chi connectivity index (χ3n) is 3.22. The van der Waals surface area contributed by atoms with Gasteiger partial charge in [0.05, 0.1) is 24.5 Å². The molecule has 1 aromatic heterocycles. The SMILES string of the molecule is COc1cccc(-c2nccnc2C2CCN2)c1. The minimum atomic E-state index is 0.333. The number of methoxy groups -OCH3 is 1. The van der Waals surface area contributed by atoms with Gasteiger partial charge in [0.1, 0.15) is 5.75 Å². The summed E-state index contributed by atoms with van der Waals surface area (Å²) >= 11 is 0. The molecule has 0 spiro atoms. The number of nitrogens with zero attached hydrogens (tertiary/aromatic N) is 2. The molecule has 0 amide bonds. The van der Waals surface area contributed by atoms with Crippen LogP contribution in [0.4, 0.5) is 0 Å². The topological polar surface area (TPSA) is 47.0 Å². The van der Waals surface area contributed by atoms with Gasteiger partial charge in [0, 0.05) is 18.0 Å². The Kier molecular flexibility index (Phi) is 2.94. The summed E-state index contributed by atoms with van der Waals surface area (Å²) in [6.07, 6.45) is 4.60. The molecule has 1 saturated heterocycles. The van der Waals surface area contributed by atoms with Crippen LogP contribution in [0.3, 0.4) is 0 Å². The lowest BCUT2D eigenvalue weighted by Crippen LogP contribution is -2.36. The number of rotatable bonds is 3. The predicted octanol–water partition coefficient (Wildman–Crippen LogP) is 2.19. The first-order chi connectivity index (χ1) is 8.88. The summed E-state index contributed by atoms with van der Waals surface area (Å²) < 4.78 is 5.25. The third kappa shape index (κ3) is 1.95. The molecule has 18 heavy (non-hydrogen) atoms. The van der Waals surface area contributed by atoms with Crippen molar-refractivity contribution in [2.45, 2.75) is 12.5 Å². The maximum atomic E-state index is 5.25. The van der Waals surface area contributed by atoms with Crippen molar-refractivity contribution in [1.82, 2.24) is 15.3 Å². The Morgan fingerprint density at radius 3 is 2.83 bits per heavy atom. The van der Waals surface area contributed by atoms with E-state index in [1.807, 2.05) is 24.3 Å². The highest BCUT2D eigenvalue weighted by Gasteiger charge is 2.23. The van der Waals surface area contributed by atoms with Crippen molar-refractivity contribution < 1.29 is 4.74 Å².